The molecule has 0 spiro atoms. The number of fused-ring (bicyclic) bond motifs is 3. The van der Waals surface area contributed by atoms with E-state index in [2.05, 4.69) is 15.5 Å². The average molecular weight is 446 g/mol. The predicted octanol–water partition coefficient (Wildman–Crippen LogP) is 3.37. The normalized spacial score (nSPS) is 14.9. The number of thioether (sulfide) groups is 1. The third-order valence-corrected chi connectivity index (χ3v) is 7.81. The topological polar surface area (TPSA) is 81.3 Å². The number of amides is 1. The molecule has 4 heterocycles. The molecule has 0 aliphatic heterocycles. The van der Waals surface area contributed by atoms with Crippen LogP contribution in [0.1, 0.15) is 30.6 Å². The van der Waals surface area contributed by atoms with Crippen LogP contribution >= 0.6 is 34.4 Å². The molecule has 1 aliphatic carbocycles. The van der Waals surface area contributed by atoms with Crippen molar-refractivity contribution in [3.63, 3.8) is 0 Å². The van der Waals surface area contributed by atoms with Crippen LogP contribution in [0.5, 0.6) is 0 Å². The van der Waals surface area contributed by atoms with Crippen LogP contribution in [0, 0.1) is 0 Å². The highest BCUT2D eigenvalue weighted by Crippen LogP contribution is 2.25. The lowest BCUT2D eigenvalue weighted by atomic mass is 10.2. The summed E-state index contributed by atoms with van der Waals surface area (Å²) in [6.07, 6.45) is 4.50. The smallest absolute Gasteiger partial charge is 0.273 e. The van der Waals surface area contributed by atoms with Gasteiger partial charge in [-0.1, -0.05) is 30.7 Å². The van der Waals surface area contributed by atoms with Crippen LogP contribution in [0.2, 0.25) is 0 Å². The molecule has 1 amide bonds. The number of nitrogens with zero attached hydrogens (tertiary/aromatic N) is 4. The first-order valence-electron chi connectivity index (χ1n) is 9.50. The van der Waals surface area contributed by atoms with E-state index in [0.717, 1.165) is 23.2 Å². The molecule has 5 rings (SSSR count). The summed E-state index contributed by atoms with van der Waals surface area (Å²) in [6.45, 7) is 0.457. The minimum atomic E-state index is -0.0566. The van der Waals surface area contributed by atoms with Gasteiger partial charge in [0, 0.05) is 10.9 Å². The van der Waals surface area contributed by atoms with Crippen molar-refractivity contribution in [3.8, 4) is 0 Å². The van der Waals surface area contributed by atoms with Crippen LogP contribution in [-0.2, 0) is 11.3 Å². The largest absolute Gasteiger partial charge is 0.353 e. The van der Waals surface area contributed by atoms with Gasteiger partial charge in [0.1, 0.15) is 4.70 Å². The predicted molar refractivity (Wildman–Crippen MR) is 117 cm³/mol. The van der Waals surface area contributed by atoms with Crippen LogP contribution in [0.4, 0.5) is 0 Å². The third-order valence-electron chi connectivity index (χ3n) is 5.13. The first-order valence-corrected chi connectivity index (χ1v) is 12.2. The Morgan fingerprint density at radius 2 is 2.07 bits per heavy atom. The second kappa shape index (κ2) is 7.92. The number of thiophene rings is 2. The molecular formula is C19H19N5O2S3. The Morgan fingerprint density at radius 3 is 2.86 bits per heavy atom. The number of nitrogens with one attached hydrogen (secondary N) is 1. The van der Waals surface area contributed by atoms with Crippen molar-refractivity contribution in [1.82, 2.24) is 24.5 Å². The summed E-state index contributed by atoms with van der Waals surface area (Å²) in [5.41, 5.74) is 0.736. The molecule has 150 valence electrons. The lowest BCUT2D eigenvalue weighted by Gasteiger charge is -2.11. The third kappa shape index (κ3) is 3.60. The van der Waals surface area contributed by atoms with Gasteiger partial charge in [-0.15, -0.1) is 32.9 Å². The zero-order chi connectivity index (χ0) is 19.8. The Labute approximate surface area is 178 Å². The fraction of sp³-hybridized carbons (Fsp3) is 0.368. The van der Waals surface area contributed by atoms with E-state index in [4.69, 9.17) is 0 Å². The van der Waals surface area contributed by atoms with Gasteiger partial charge in [0.25, 0.3) is 5.56 Å². The number of hydrogen-bond acceptors (Lipinski definition) is 7. The van der Waals surface area contributed by atoms with Gasteiger partial charge in [-0.2, -0.15) is 0 Å². The molecule has 0 saturated heterocycles. The van der Waals surface area contributed by atoms with Crippen LogP contribution in [0.25, 0.3) is 16.0 Å². The summed E-state index contributed by atoms with van der Waals surface area (Å²) in [4.78, 5) is 26.4. The Bertz CT molecular complexity index is 1220. The molecule has 1 fully saturated rings. The molecule has 29 heavy (non-hydrogen) atoms. The fourth-order valence-corrected chi connectivity index (χ4v) is 6.03. The number of carbonyl (C=O) groups is 1. The van der Waals surface area contributed by atoms with Crippen molar-refractivity contribution in [2.75, 3.05) is 5.75 Å². The van der Waals surface area contributed by atoms with Crippen LogP contribution in [0.15, 0.2) is 38.9 Å². The highest BCUT2D eigenvalue weighted by molar-refractivity contribution is 7.99. The van der Waals surface area contributed by atoms with E-state index in [0.29, 0.717) is 28.2 Å². The highest BCUT2D eigenvalue weighted by atomic mass is 32.2. The lowest BCUT2D eigenvalue weighted by Crippen LogP contribution is -2.33. The first kappa shape index (κ1) is 18.8. The van der Waals surface area contributed by atoms with Crippen molar-refractivity contribution in [1.29, 1.82) is 0 Å². The van der Waals surface area contributed by atoms with Crippen molar-refractivity contribution in [2.24, 2.45) is 0 Å². The average Bonchev–Trinajstić information content (AvgIpc) is 3.50. The Balaban J connectivity index is 1.48. The van der Waals surface area contributed by atoms with Gasteiger partial charge in [0.2, 0.25) is 11.7 Å². The van der Waals surface area contributed by atoms with Gasteiger partial charge in [0.05, 0.1) is 17.8 Å². The van der Waals surface area contributed by atoms with Crippen molar-refractivity contribution >= 4 is 56.3 Å². The van der Waals surface area contributed by atoms with E-state index in [1.807, 2.05) is 33.4 Å². The molecule has 4 aromatic heterocycles. The summed E-state index contributed by atoms with van der Waals surface area (Å²) >= 11 is 4.38. The minimum Gasteiger partial charge on any atom is -0.353 e. The molecular weight excluding hydrogens is 426 g/mol. The number of aromatic nitrogens is 4. The summed E-state index contributed by atoms with van der Waals surface area (Å²) in [5.74, 6) is 0.813. The summed E-state index contributed by atoms with van der Waals surface area (Å²) in [5, 5.41) is 16.2. The summed E-state index contributed by atoms with van der Waals surface area (Å²) < 4.78 is 4.24. The summed E-state index contributed by atoms with van der Waals surface area (Å²) in [6, 6.07) is 6.19. The quantitative estimate of drug-likeness (QED) is 0.460. The Morgan fingerprint density at radius 1 is 1.21 bits per heavy atom. The monoisotopic (exact) mass is 445 g/mol. The Hall–Kier alpha value is -2.17. The molecule has 0 aromatic carbocycles. The standard InChI is InChI=1S/C19H19N5O2S3/c25-15(20-12-4-1-2-5-12)11-29-19-22-21-18-23(10-13-6-3-8-27-13)17(26)16-14(24(18)19)7-9-28-16/h3,6-9,12H,1-2,4-5,10-11H2,(H,20,25). The van der Waals surface area contributed by atoms with Gasteiger partial charge in [-0.25, -0.2) is 0 Å². The van der Waals surface area contributed by atoms with Gasteiger partial charge >= 0.3 is 0 Å². The van der Waals surface area contributed by atoms with Gasteiger partial charge in [-0.05, 0) is 35.7 Å². The fourth-order valence-electron chi connectivity index (χ4n) is 3.76. The Kier molecular flexibility index (Phi) is 5.15. The molecule has 4 aromatic rings. The van der Waals surface area contributed by atoms with E-state index in [1.54, 1.807) is 15.9 Å². The molecule has 1 N–H and O–H groups in total. The summed E-state index contributed by atoms with van der Waals surface area (Å²) in [7, 11) is 0. The molecule has 0 bridgehead atoms. The molecule has 10 heteroatoms. The first-order chi connectivity index (χ1) is 14.2. The second-order valence-electron chi connectivity index (χ2n) is 7.06. The SMILES string of the molecule is O=C(CSc1nnc2n(Cc3cccs3)c(=O)c3sccc3n12)NC1CCCC1. The van der Waals surface area contributed by atoms with Crippen molar-refractivity contribution < 1.29 is 4.79 Å². The maximum Gasteiger partial charge on any atom is 0.273 e. The zero-order valence-corrected chi connectivity index (χ0v) is 18.0. The van der Waals surface area contributed by atoms with E-state index >= 15 is 0 Å². The molecule has 1 saturated carbocycles. The molecule has 0 radical (unpaired) electrons. The van der Waals surface area contributed by atoms with E-state index in [1.165, 1.54) is 35.9 Å². The number of hydrogen-bond donors (Lipinski definition) is 1. The van der Waals surface area contributed by atoms with Gasteiger partial charge in [0.15, 0.2) is 5.16 Å². The van der Waals surface area contributed by atoms with Crippen LogP contribution in [0.3, 0.4) is 0 Å². The number of carbonyl (C=O) groups excluding carboxylic acids is 1. The second-order valence-corrected chi connectivity index (χ2v) is 9.95. The van der Waals surface area contributed by atoms with Gasteiger partial charge < -0.3 is 5.32 Å². The van der Waals surface area contributed by atoms with E-state index < -0.39 is 0 Å². The molecule has 0 unspecified atom stereocenters. The molecule has 7 nitrogen and oxygen atoms in total. The maximum atomic E-state index is 13.0. The zero-order valence-electron chi connectivity index (χ0n) is 15.5. The van der Waals surface area contributed by atoms with Crippen molar-refractivity contribution in [3.05, 3.63) is 44.2 Å². The van der Waals surface area contributed by atoms with E-state index in [-0.39, 0.29) is 17.2 Å². The molecule has 0 atom stereocenters. The maximum absolute atomic E-state index is 13.0. The number of rotatable bonds is 6. The molecule has 1 aliphatic rings. The van der Waals surface area contributed by atoms with Crippen LogP contribution in [-0.4, -0.2) is 36.9 Å². The highest BCUT2D eigenvalue weighted by Gasteiger charge is 2.20. The lowest BCUT2D eigenvalue weighted by molar-refractivity contribution is -0.119. The minimum absolute atomic E-state index is 0.0205. The van der Waals surface area contributed by atoms with Crippen molar-refractivity contribution in [2.45, 2.75) is 43.4 Å². The van der Waals surface area contributed by atoms with Gasteiger partial charge in [-0.3, -0.25) is 18.6 Å². The van der Waals surface area contributed by atoms with Crippen LogP contribution < -0.4 is 10.9 Å². The van der Waals surface area contributed by atoms with E-state index in [9.17, 15) is 9.59 Å².